The topological polar surface area (TPSA) is 61.8 Å². The predicted molar refractivity (Wildman–Crippen MR) is 169 cm³/mol. The lowest BCUT2D eigenvalue weighted by atomic mass is 9.83. The lowest BCUT2D eigenvalue weighted by Crippen LogP contribution is -2.37. The molecule has 5 nitrogen and oxygen atoms in total. The molecule has 41 heavy (non-hydrogen) atoms. The van der Waals surface area contributed by atoms with Crippen LogP contribution in [0.5, 0.6) is 11.5 Å². The number of carbonyl (C=O) groups is 2. The molecule has 1 aromatic rings. The van der Waals surface area contributed by atoms with Crippen molar-refractivity contribution in [3.63, 3.8) is 0 Å². The van der Waals surface area contributed by atoms with Crippen molar-refractivity contribution >= 4 is 11.9 Å². The summed E-state index contributed by atoms with van der Waals surface area (Å²) in [6.07, 6.45) is 13.0. The number of esters is 2. The molecule has 1 aliphatic heterocycles. The first-order chi connectivity index (χ1) is 19.0. The Kier molecular flexibility index (Phi) is 13.2. The van der Waals surface area contributed by atoms with Gasteiger partial charge in [0.1, 0.15) is 29.1 Å². The second-order valence-electron chi connectivity index (χ2n) is 14.7. The van der Waals surface area contributed by atoms with Crippen LogP contribution in [0.1, 0.15) is 148 Å². The highest BCUT2D eigenvalue weighted by Gasteiger charge is 2.35. The van der Waals surface area contributed by atoms with E-state index in [1.807, 2.05) is 20.8 Å². The van der Waals surface area contributed by atoms with Crippen LogP contribution in [0.15, 0.2) is 0 Å². The standard InChI is InChI=1S/C36H60O5/c1-24(2)15-12-16-25(3)17-13-18-26(4)19-14-21-36(11)22-20-30-29(7)33(27(5)28(6)34(30)41-36)39-31(37)23-32(38)40-35(8,9)10/h24-26H,12-23H2,1-11H3/t25?,26?,36-/m0/s1. The van der Waals surface area contributed by atoms with Gasteiger partial charge < -0.3 is 14.2 Å². The van der Waals surface area contributed by atoms with E-state index in [1.165, 1.54) is 51.4 Å². The Labute approximate surface area is 251 Å². The molecule has 0 spiro atoms. The van der Waals surface area contributed by atoms with Crippen molar-refractivity contribution in [1.29, 1.82) is 0 Å². The maximum atomic E-state index is 12.6. The summed E-state index contributed by atoms with van der Waals surface area (Å²) >= 11 is 0. The zero-order chi connectivity index (χ0) is 31.0. The largest absolute Gasteiger partial charge is 0.487 e. The van der Waals surface area contributed by atoms with E-state index >= 15 is 0 Å². The molecule has 0 N–H and O–H groups in total. The molecule has 5 heteroatoms. The third-order valence-electron chi connectivity index (χ3n) is 8.76. The van der Waals surface area contributed by atoms with Crippen LogP contribution in [0.25, 0.3) is 0 Å². The maximum Gasteiger partial charge on any atom is 0.322 e. The van der Waals surface area contributed by atoms with Gasteiger partial charge in [0.15, 0.2) is 0 Å². The van der Waals surface area contributed by atoms with Gasteiger partial charge in [-0.3, -0.25) is 9.59 Å². The molecule has 0 radical (unpaired) electrons. The van der Waals surface area contributed by atoms with E-state index in [1.54, 1.807) is 20.8 Å². The van der Waals surface area contributed by atoms with Crippen LogP contribution in [-0.4, -0.2) is 23.1 Å². The van der Waals surface area contributed by atoms with Crippen molar-refractivity contribution in [2.45, 2.75) is 164 Å². The minimum atomic E-state index is -0.640. The highest BCUT2D eigenvalue weighted by atomic mass is 16.6. The number of benzene rings is 1. The molecule has 3 atom stereocenters. The average Bonchev–Trinajstić information content (AvgIpc) is 2.83. The Morgan fingerprint density at radius 1 is 0.829 bits per heavy atom. The molecule has 0 fully saturated rings. The fraction of sp³-hybridized carbons (Fsp3) is 0.778. The van der Waals surface area contributed by atoms with Crippen LogP contribution in [0, 0.1) is 38.5 Å². The van der Waals surface area contributed by atoms with Gasteiger partial charge in [-0.05, 0) is 109 Å². The van der Waals surface area contributed by atoms with Gasteiger partial charge in [-0.1, -0.05) is 72.6 Å². The molecule has 0 aliphatic carbocycles. The first-order valence-corrected chi connectivity index (χ1v) is 16.3. The normalized spacial score (nSPS) is 18.4. The fourth-order valence-electron chi connectivity index (χ4n) is 6.06. The van der Waals surface area contributed by atoms with Crippen molar-refractivity contribution in [3.05, 3.63) is 22.3 Å². The minimum Gasteiger partial charge on any atom is -0.487 e. The SMILES string of the molecule is Cc1c(C)c2c(c(C)c1OC(=O)CC(=O)OC(C)(C)C)CC[C@](C)(CCCC(C)CCCC(C)CCCC(C)C)O2. The minimum absolute atomic E-state index is 0.184. The first-order valence-electron chi connectivity index (χ1n) is 16.3. The van der Waals surface area contributed by atoms with Crippen molar-refractivity contribution in [3.8, 4) is 11.5 Å². The quantitative estimate of drug-likeness (QED) is 0.119. The monoisotopic (exact) mass is 572 g/mol. The molecular formula is C36H60O5. The fourth-order valence-corrected chi connectivity index (χ4v) is 6.06. The van der Waals surface area contributed by atoms with E-state index in [2.05, 4.69) is 34.6 Å². The Morgan fingerprint density at radius 2 is 1.39 bits per heavy atom. The molecule has 0 saturated heterocycles. The van der Waals surface area contributed by atoms with Crippen LogP contribution in [-0.2, 0) is 20.7 Å². The number of hydrogen-bond acceptors (Lipinski definition) is 5. The Balaban J connectivity index is 1.90. The molecule has 234 valence electrons. The van der Waals surface area contributed by atoms with Gasteiger partial charge in [-0.2, -0.15) is 0 Å². The van der Waals surface area contributed by atoms with Gasteiger partial charge in [-0.25, -0.2) is 0 Å². The van der Waals surface area contributed by atoms with Crippen molar-refractivity contribution < 1.29 is 23.8 Å². The lowest BCUT2D eigenvalue weighted by Gasteiger charge is -2.38. The molecule has 0 bridgehead atoms. The van der Waals surface area contributed by atoms with Gasteiger partial charge in [0, 0.05) is 5.56 Å². The van der Waals surface area contributed by atoms with Crippen LogP contribution >= 0.6 is 0 Å². The van der Waals surface area contributed by atoms with Crippen LogP contribution in [0.2, 0.25) is 0 Å². The summed E-state index contributed by atoms with van der Waals surface area (Å²) < 4.78 is 17.7. The van der Waals surface area contributed by atoms with Gasteiger partial charge in [0.2, 0.25) is 0 Å². The molecule has 0 aromatic heterocycles. The molecule has 0 saturated carbocycles. The molecular weight excluding hydrogens is 512 g/mol. The van der Waals surface area contributed by atoms with E-state index in [0.29, 0.717) is 5.75 Å². The lowest BCUT2D eigenvalue weighted by molar-refractivity contribution is -0.158. The van der Waals surface area contributed by atoms with Gasteiger partial charge >= 0.3 is 11.9 Å². The molecule has 1 aromatic carbocycles. The average molecular weight is 573 g/mol. The smallest absolute Gasteiger partial charge is 0.322 e. The van der Waals surface area contributed by atoms with Crippen LogP contribution in [0.4, 0.5) is 0 Å². The van der Waals surface area contributed by atoms with E-state index in [0.717, 1.165) is 65.0 Å². The van der Waals surface area contributed by atoms with Crippen LogP contribution < -0.4 is 9.47 Å². The second kappa shape index (κ2) is 15.4. The second-order valence-corrected chi connectivity index (χ2v) is 14.7. The highest BCUT2D eigenvalue weighted by Crippen LogP contribution is 2.45. The molecule has 1 heterocycles. The van der Waals surface area contributed by atoms with E-state index in [-0.39, 0.29) is 5.60 Å². The van der Waals surface area contributed by atoms with Gasteiger partial charge in [0.25, 0.3) is 0 Å². The summed E-state index contributed by atoms with van der Waals surface area (Å²) in [6.45, 7) is 23.0. The zero-order valence-electron chi connectivity index (χ0n) is 28.3. The third kappa shape index (κ3) is 11.6. The van der Waals surface area contributed by atoms with Crippen molar-refractivity contribution in [1.82, 2.24) is 0 Å². The van der Waals surface area contributed by atoms with Gasteiger partial charge in [-0.15, -0.1) is 0 Å². The van der Waals surface area contributed by atoms with E-state index in [9.17, 15) is 9.59 Å². The van der Waals surface area contributed by atoms with E-state index in [4.69, 9.17) is 14.2 Å². The van der Waals surface area contributed by atoms with Crippen molar-refractivity contribution in [2.75, 3.05) is 0 Å². The third-order valence-corrected chi connectivity index (χ3v) is 8.76. The van der Waals surface area contributed by atoms with Gasteiger partial charge in [0.05, 0.1) is 0 Å². The van der Waals surface area contributed by atoms with E-state index < -0.39 is 24.0 Å². The Morgan fingerprint density at radius 3 is 1.95 bits per heavy atom. The summed E-state index contributed by atoms with van der Waals surface area (Å²) in [6, 6.07) is 0. The Hall–Kier alpha value is -2.04. The number of rotatable bonds is 15. The summed E-state index contributed by atoms with van der Waals surface area (Å²) in [7, 11) is 0. The van der Waals surface area contributed by atoms with Crippen molar-refractivity contribution in [2.24, 2.45) is 17.8 Å². The molecule has 2 rings (SSSR count). The molecule has 1 aliphatic rings. The highest BCUT2D eigenvalue weighted by molar-refractivity contribution is 5.92. The summed E-state index contributed by atoms with van der Waals surface area (Å²) in [5, 5.41) is 0. The Bertz CT molecular complexity index is 1020. The summed E-state index contributed by atoms with van der Waals surface area (Å²) in [5.41, 5.74) is 3.11. The number of ether oxygens (including phenoxy) is 3. The number of hydrogen-bond donors (Lipinski definition) is 0. The summed E-state index contributed by atoms with van der Waals surface area (Å²) in [5.74, 6) is 2.74. The maximum absolute atomic E-state index is 12.6. The molecule has 0 amide bonds. The number of carbonyl (C=O) groups excluding carboxylic acids is 2. The zero-order valence-corrected chi connectivity index (χ0v) is 28.3. The molecule has 2 unspecified atom stereocenters. The first kappa shape index (κ1) is 35.2. The predicted octanol–water partition coefficient (Wildman–Crippen LogP) is 9.77. The van der Waals surface area contributed by atoms with Crippen LogP contribution in [0.3, 0.4) is 0 Å². The summed E-state index contributed by atoms with van der Waals surface area (Å²) in [4.78, 5) is 24.7. The number of fused-ring (bicyclic) bond motifs is 1.